The van der Waals surface area contributed by atoms with E-state index in [2.05, 4.69) is 22.9 Å². The van der Waals surface area contributed by atoms with Crippen LogP contribution in [0.5, 0.6) is 0 Å². The largest absolute Gasteiger partial charge is 0.444 e. The van der Waals surface area contributed by atoms with Crippen molar-refractivity contribution in [3.05, 3.63) is 17.3 Å². The van der Waals surface area contributed by atoms with Gasteiger partial charge in [0.15, 0.2) is 0 Å². The number of oxazole rings is 1. The SMILES string of the molecule is CCN(Cc1nc(C)c(C)o1)CC(C)C#N. The summed E-state index contributed by atoms with van der Waals surface area (Å²) in [6.07, 6.45) is 0. The number of hydrogen-bond donors (Lipinski definition) is 0. The van der Waals surface area contributed by atoms with Crippen molar-refractivity contribution >= 4 is 0 Å². The number of nitriles is 1. The van der Waals surface area contributed by atoms with Gasteiger partial charge in [-0.15, -0.1) is 0 Å². The van der Waals surface area contributed by atoms with Crippen molar-refractivity contribution < 1.29 is 4.42 Å². The van der Waals surface area contributed by atoms with Gasteiger partial charge in [0.05, 0.1) is 24.2 Å². The lowest BCUT2D eigenvalue weighted by Gasteiger charge is -2.19. The number of aryl methyl sites for hydroxylation is 2. The minimum absolute atomic E-state index is 0.0390. The Morgan fingerprint density at radius 2 is 2.19 bits per heavy atom. The van der Waals surface area contributed by atoms with E-state index in [0.29, 0.717) is 6.54 Å². The lowest BCUT2D eigenvalue weighted by Crippen LogP contribution is -2.27. The minimum Gasteiger partial charge on any atom is -0.444 e. The van der Waals surface area contributed by atoms with Crippen LogP contribution in [0.3, 0.4) is 0 Å². The van der Waals surface area contributed by atoms with Crippen molar-refractivity contribution in [2.45, 2.75) is 34.2 Å². The molecule has 0 amide bonds. The first-order valence-corrected chi connectivity index (χ1v) is 5.61. The molecule has 0 aromatic carbocycles. The summed E-state index contributed by atoms with van der Waals surface area (Å²) in [6.45, 7) is 10.2. The summed E-state index contributed by atoms with van der Waals surface area (Å²) in [5.74, 6) is 1.65. The van der Waals surface area contributed by atoms with Crippen molar-refractivity contribution in [1.82, 2.24) is 9.88 Å². The maximum Gasteiger partial charge on any atom is 0.208 e. The van der Waals surface area contributed by atoms with Crippen LogP contribution in [0, 0.1) is 31.1 Å². The molecule has 0 spiro atoms. The van der Waals surface area contributed by atoms with E-state index in [1.54, 1.807) is 0 Å². The first kappa shape index (κ1) is 12.7. The maximum atomic E-state index is 8.78. The van der Waals surface area contributed by atoms with E-state index in [1.165, 1.54) is 0 Å². The number of rotatable bonds is 5. The summed E-state index contributed by atoms with van der Waals surface area (Å²) >= 11 is 0. The van der Waals surface area contributed by atoms with Crippen LogP contribution in [0.2, 0.25) is 0 Å². The van der Waals surface area contributed by atoms with Crippen LogP contribution in [0.4, 0.5) is 0 Å². The molecular weight excluding hydrogens is 202 g/mol. The molecule has 0 radical (unpaired) electrons. The van der Waals surface area contributed by atoms with E-state index in [0.717, 1.165) is 30.4 Å². The topological polar surface area (TPSA) is 53.1 Å². The lowest BCUT2D eigenvalue weighted by atomic mass is 10.2. The predicted molar refractivity (Wildman–Crippen MR) is 61.7 cm³/mol. The molecule has 0 fully saturated rings. The average molecular weight is 221 g/mol. The molecule has 0 bridgehead atoms. The molecule has 0 N–H and O–H groups in total. The van der Waals surface area contributed by atoms with Crippen molar-refractivity contribution in [2.24, 2.45) is 5.92 Å². The highest BCUT2D eigenvalue weighted by atomic mass is 16.4. The van der Waals surface area contributed by atoms with Gasteiger partial charge in [-0.2, -0.15) is 5.26 Å². The number of hydrogen-bond acceptors (Lipinski definition) is 4. The van der Waals surface area contributed by atoms with Gasteiger partial charge in [0.25, 0.3) is 0 Å². The molecule has 1 aromatic heterocycles. The highest BCUT2D eigenvalue weighted by molar-refractivity contribution is 5.05. The summed E-state index contributed by atoms with van der Waals surface area (Å²) < 4.78 is 5.53. The molecule has 1 rings (SSSR count). The van der Waals surface area contributed by atoms with E-state index in [4.69, 9.17) is 9.68 Å². The van der Waals surface area contributed by atoms with Gasteiger partial charge in [-0.25, -0.2) is 4.98 Å². The summed E-state index contributed by atoms with van der Waals surface area (Å²) in [6, 6.07) is 2.24. The van der Waals surface area contributed by atoms with Gasteiger partial charge in [-0.1, -0.05) is 6.92 Å². The molecule has 88 valence electrons. The quantitative estimate of drug-likeness (QED) is 0.765. The second-order valence-corrected chi connectivity index (χ2v) is 4.11. The second-order valence-electron chi connectivity index (χ2n) is 4.11. The fourth-order valence-corrected chi connectivity index (χ4v) is 1.53. The first-order valence-electron chi connectivity index (χ1n) is 5.61. The zero-order valence-electron chi connectivity index (χ0n) is 10.4. The minimum atomic E-state index is 0.0390. The molecule has 0 aliphatic heterocycles. The van der Waals surface area contributed by atoms with Crippen molar-refractivity contribution in [1.29, 1.82) is 5.26 Å². The molecule has 1 heterocycles. The highest BCUT2D eigenvalue weighted by Crippen LogP contribution is 2.11. The van der Waals surface area contributed by atoms with Crippen LogP contribution in [-0.2, 0) is 6.54 Å². The normalized spacial score (nSPS) is 12.8. The average Bonchev–Trinajstić information content (AvgIpc) is 2.56. The van der Waals surface area contributed by atoms with Crippen molar-refractivity contribution in [3.8, 4) is 6.07 Å². The number of nitrogens with zero attached hydrogens (tertiary/aromatic N) is 3. The summed E-state index contributed by atoms with van der Waals surface area (Å²) in [5, 5.41) is 8.78. The highest BCUT2D eigenvalue weighted by Gasteiger charge is 2.12. The van der Waals surface area contributed by atoms with Gasteiger partial charge < -0.3 is 4.42 Å². The molecule has 0 aliphatic rings. The van der Waals surface area contributed by atoms with Crippen LogP contribution in [0.1, 0.15) is 31.2 Å². The standard InChI is InChI=1S/C12H19N3O/c1-5-15(7-9(2)6-13)8-12-14-10(3)11(4)16-12/h9H,5,7-8H2,1-4H3. The van der Waals surface area contributed by atoms with Gasteiger partial charge in [0, 0.05) is 6.54 Å². The Bertz CT molecular complexity index is 359. The second kappa shape index (κ2) is 5.66. The van der Waals surface area contributed by atoms with E-state index in [9.17, 15) is 0 Å². The maximum absolute atomic E-state index is 8.78. The zero-order chi connectivity index (χ0) is 12.1. The Morgan fingerprint density at radius 1 is 1.50 bits per heavy atom. The van der Waals surface area contributed by atoms with Crippen LogP contribution in [0.25, 0.3) is 0 Å². The molecule has 4 nitrogen and oxygen atoms in total. The Labute approximate surface area is 96.9 Å². The molecule has 1 atom stereocenters. The third-order valence-corrected chi connectivity index (χ3v) is 2.63. The van der Waals surface area contributed by atoms with Gasteiger partial charge in [-0.3, -0.25) is 4.90 Å². The third kappa shape index (κ3) is 3.35. The monoisotopic (exact) mass is 221 g/mol. The molecule has 0 saturated carbocycles. The van der Waals surface area contributed by atoms with Gasteiger partial charge in [0.2, 0.25) is 5.89 Å². The Kier molecular flexibility index (Phi) is 4.51. The predicted octanol–water partition coefficient (Wildman–Crippen LogP) is 2.27. The molecule has 16 heavy (non-hydrogen) atoms. The first-order chi connectivity index (χ1) is 7.56. The Morgan fingerprint density at radius 3 is 2.62 bits per heavy atom. The van der Waals surface area contributed by atoms with Gasteiger partial charge in [0.1, 0.15) is 5.76 Å². The van der Waals surface area contributed by atoms with Gasteiger partial charge in [-0.05, 0) is 27.3 Å². The summed E-state index contributed by atoms with van der Waals surface area (Å²) in [4.78, 5) is 6.51. The van der Waals surface area contributed by atoms with E-state index in [-0.39, 0.29) is 5.92 Å². The molecule has 4 heteroatoms. The molecular formula is C12H19N3O. The van der Waals surface area contributed by atoms with E-state index in [1.807, 2.05) is 20.8 Å². The van der Waals surface area contributed by atoms with E-state index < -0.39 is 0 Å². The van der Waals surface area contributed by atoms with Gasteiger partial charge >= 0.3 is 0 Å². The van der Waals surface area contributed by atoms with Crippen LogP contribution < -0.4 is 0 Å². The Hall–Kier alpha value is -1.34. The zero-order valence-corrected chi connectivity index (χ0v) is 10.4. The Balaban J connectivity index is 2.60. The van der Waals surface area contributed by atoms with Crippen LogP contribution in [0.15, 0.2) is 4.42 Å². The van der Waals surface area contributed by atoms with Crippen molar-refractivity contribution in [3.63, 3.8) is 0 Å². The molecule has 0 aliphatic carbocycles. The molecule has 1 unspecified atom stereocenters. The van der Waals surface area contributed by atoms with Crippen molar-refractivity contribution in [2.75, 3.05) is 13.1 Å². The lowest BCUT2D eigenvalue weighted by molar-refractivity contribution is 0.233. The van der Waals surface area contributed by atoms with E-state index >= 15 is 0 Å². The summed E-state index contributed by atoms with van der Waals surface area (Å²) in [7, 11) is 0. The third-order valence-electron chi connectivity index (χ3n) is 2.63. The van der Waals surface area contributed by atoms with Crippen LogP contribution in [-0.4, -0.2) is 23.0 Å². The van der Waals surface area contributed by atoms with Crippen LogP contribution >= 0.6 is 0 Å². The summed E-state index contributed by atoms with van der Waals surface area (Å²) in [5.41, 5.74) is 0.944. The fourth-order valence-electron chi connectivity index (χ4n) is 1.53. The fraction of sp³-hybridized carbons (Fsp3) is 0.667. The number of aromatic nitrogens is 1. The molecule has 1 aromatic rings. The smallest absolute Gasteiger partial charge is 0.208 e. The molecule has 0 saturated heterocycles.